The van der Waals surface area contributed by atoms with Crippen molar-refractivity contribution in [1.82, 2.24) is 4.90 Å². The summed E-state index contributed by atoms with van der Waals surface area (Å²) in [7, 11) is 0. The first-order valence-corrected chi connectivity index (χ1v) is 7.54. The van der Waals surface area contributed by atoms with Gasteiger partial charge in [0.25, 0.3) is 0 Å². The fraction of sp³-hybridized carbons (Fsp3) is 0.278. The van der Waals surface area contributed by atoms with Crippen LogP contribution in [0.3, 0.4) is 0 Å². The third kappa shape index (κ3) is 3.68. The monoisotopic (exact) mass is 315 g/mol. The van der Waals surface area contributed by atoms with E-state index < -0.39 is 12.2 Å². The van der Waals surface area contributed by atoms with Gasteiger partial charge in [0.05, 0.1) is 18.7 Å². The zero-order valence-corrected chi connectivity index (χ0v) is 12.6. The van der Waals surface area contributed by atoms with E-state index in [-0.39, 0.29) is 25.0 Å². The second kappa shape index (κ2) is 6.79. The van der Waals surface area contributed by atoms with Crippen LogP contribution < -0.4 is 0 Å². The number of hydrogen-bond donors (Lipinski definition) is 1. The van der Waals surface area contributed by atoms with Gasteiger partial charge in [-0.3, -0.25) is 4.90 Å². The molecule has 120 valence electrons. The van der Waals surface area contributed by atoms with Crippen LogP contribution in [0.25, 0.3) is 0 Å². The Balaban J connectivity index is 1.69. The molecule has 2 aromatic carbocycles. The molecule has 2 atom stereocenters. The van der Waals surface area contributed by atoms with E-state index in [2.05, 4.69) is 0 Å². The van der Waals surface area contributed by atoms with Crippen LogP contribution in [0.15, 0.2) is 54.6 Å². The summed E-state index contributed by atoms with van der Waals surface area (Å²) < 4.78 is 18.4. The fourth-order valence-corrected chi connectivity index (χ4v) is 2.82. The largest absolute Gasteiger partial charge is 0.445 e. The first kappa shape index (κ1) is 15.5. The van der Waals surface area contributed by atoms with Gasteiger partial charge in [-0.25, -0.2) is 9.18 Å². The van der Waals surface area contributed by atoms with Gasteiger partial charge in [-0.05, 0) is 29.7 Å². The van der Waals surface area contributed by atoms with Crippen LogP contribution in [0.4, 0.5) is 9.18 Å². The number of amides is 1. The zero-order valence-electron chi connectivity index (χ0n) is 12.6. The zero-order chi connectivity index (χ0) is 16.2. The van der Waals surface area contributed by atoms with Gasteiger partial charge in [-0.15, -0.1) is 0 Å². The van der Waals surface area contributed by atoms with Crippen molar-refractivity contribution in [2.24, 2.45) is 0 Å². The van der Waals surface area contributed by atoms with Crippen molar-refractivity contribution >= 4 is 6.09 Å². The Morgan fingerprint density at radius 2 is 1.87 bits per heavy atom. The number of nitrogens with zero attached hydrogens (tertiary/aromatic N) is 1. The molecule has 3 rings (SSSR count). The van der Waals surface area contributed by atoms with Crippen LogP contribution in [0.5, 0.6) is 0 Å². The van der Waals surface area contributed by atoms with E-state index in [1.807, 2.05) is 30.3 Å². The standard InChI is InChI=1S/C18H18FNO3/c19-15-8-6-14(7-9-15)17-10-16(21)11-20(17)18(22)23-12-13-4-2-1-3-5-13/h1-9,16-17,21H,10-12H2. The lowest BCUT2D eigenvalue weighted by Crippen LogP contribution is -2.32. The molecular formula is C18H18FNO3. The van der Waals surface area contributed by atoms with Crippen LogP contribution >= 0.6 is 0 Å². The quantitative estimate of drug-likeness (QED) is 0.946. The second-order valence-corrected chi connectivity index (χ2v) is 5.65. The van der Waals surface area contributed by atoms with E-state index in [1.165, 1.54) is 17.0 Å². The molecule has 1 N–H and O–H groups in total. The molecule has 0 bridgehead atoms. The number of carbonyl (C=O) groups excluding carboxylic acids is 1. The van der Waals surface area contributed by atoms with Crippen molar-refractivity contribution in [3.05, 3.63) is 71.5 Å². The molecule has 1 heterocycles. The number of β-amino-alcohol motifs (C(OH)–C–C–N with tert-alkyl or cyclic N) is 1. The summed E-state index contributed by atoms with van der Waals surface area (Å²) in [6.07, 6.45) is -0.652. The summed E-state index contributed by atoms with van der Waals surface area (Å²) in [5.41, 5.74) is 1.69. The Labute approximate surface area is 134 Å². The maximum absolute atomic E-state index is 13.1. The summed E-state index contributed by atoms with van der Waals surface area (Å²) in [5.74, 6) is -0.328. The first-order chi connectivity index (χ1) is 11.1. The van der Waals surface area contributed by atoms with Crippen molar-refractivity contribution < 1.29 is 19.0 Å². The van der Waals surface area contributed by atoms with Crippen LogP contribution in [0.1, 0.15) is 23.6 Å². The normalized spacial score (nSPS) is 20.5. The Morgan fingerprint density at radius 3 is 2.57 bits per heavy atom. The highest BCUT2D eigenvalue weighted by atomic mass is 19.1. The van der Waals surface area contributed by atoms with E-state index in [0.29, 0.717) is 6.42 Å². The van der Waals surface area contributed by atoms with Gasteiger partial charge in [0.1, 0.15) is 12.4 Å². The Kier molecular flexibility index (Phi) is 4.57. The third-order valence-corrected chi connectivity index (χ3v) is 3.97. The van der Waals surface area contributed by atoms with Gasteiger partial charge in [-0.2, -0.15) is 0 Å². The molecule has 1 aliphatic heterocycles. The fourth-order valence-electron chi connectivity index (χ4n) is 2.82. The van der Waals surface area contributed by atoms with Crippen LogP contribution in [0.2, 0.25) is 0 Å². The molecule has 0 spiro atoms. The summed E-state index contributed by atoms with van der Waals surface area (Å²) in [5, 5.41) is 9.90. The van der Waals surface area contributed by atoms with Crippen LogP contribution in [-0.4, -0.2) is 28.7 Å². The minimum atomic E-state index is -0.602. The maximum Gasteiger partial charge on any atom is 0.410 e. The number of aliphatic hydroxyl groups is 1. The summed E-state index contributed by atoms with van der Waals surface area (Å²) in [6, 6.07) is 15.1. The lowest BCUT2D eigenvalue weighted by atomic mass is 10.0. The van der Waals surface area contributed by atoms with E-state index in [0.717, 1.165) is 11.1 Å². The lowest BCUT2D eigenvalue weighted by Gasteiger charge is -2.24. The van der Waals surface area contributed by atoms with Gasteiger partial charge < -0.3 is 9.84 Å². The van der Waals surface area contributed by atoms with Crippen molar-refractivity contribution in [2.45, 2.75) is 25.2 Å². The van der Waals surface area contributed by atoms with Crippen molar-refractivity contribution in [1.29, 1.82) is 0 Å². The lowest BCUT2D eigenvalue weighted by molar-refractivity contribution is 0.0876. The molecule has 1 aliphatic rings. The molecule has 1 amide bonds. The number of carbonyl (C=O) groups is 1. The van der Waals surface area contributed by atoms with Gasteiger partial charge in [-0.1, -0.05) is 42.5 Å². The number of halogens is 1. The smallest absolute Gasteiger partial charge is 0.410 e. The number of ether oxygens (including phenoxy) is 1. The molecule has 4 nitrogen and oxygen atoms in total. The average molecular weight is 315 g/mol. The molecule has 0 saturated carbocycles. The number of rotatable bonds is 3. The van der Waals surface area contributed by atoms with Crippen molar-refractivity contribution in [2.75, 3.05) is 6.54 Å². The Bertz CT molecular complexity index is 660. The molecular weight excluding hydrogens is 297 g/mol. The Morgan fingerprint density at radius 1 is 1.17 bits per heavy atom. The minimum Gasteiger partial charge on any atom is -0.445 e. The topological polar surface area (TPSA) is 49.8 Å². The highest BCUT2D eigenvalue weighted by molar-refractivity contribution is 5.69. The van der Waals surface area contributed by atoms with Gasteiger partial charge >= 0.3 is 6.09 Å². The molecule has 0 aliphatic carbocycles. The van der Waals surface area contributed by atoms with E-state index in [1.54, 1.807) is 12.1 Å². The van der Waals surface area contributed by atoms with Crippen molar-refractivity contribution in [3.8, 4) is 0 Å². The number of aliphatic hydroxyl groups excluding tert-OH is 1. The van der Waals surface area contributed by atoms with Crippen LogP contribution in [0, 0.1) is 5.82 Å². The predicted octanol–water partition coefficient (Wildman–Crippen LogP) is 3.27. The molecule has 1 saturated heterocycles. The second-order valence-electron chi connectivity index (χ2n) is 5.65. The van der Waals surface area contributed by atoms with Gasteiger partial charge in [0, 0.05) is 0 Å². The SMILES string of the molecule is O=C(OCc1ccccc1)N1CC(O)CC1c1ccc(F)cc1. The van der Waals surface area contributed by atoms with E-state index >= 15 is 0 Å². The molecule has 5 heteroatoms. The number of hydrogen-bond acceptors (Lipinski definition) is 3. The molecule has 2 unspecified atom stereocenters. The third-order valence-electron chi connectivity index (χ3n) is 3.97. The summed E-state index contributed by atoms with van der Waals surface area (Å²) >= 11 is 0. The highest BCUT2D eigenvalue weighted by Crippen LogP contribution is 2.32. The molecule has 2 aromatic rings. The molecule has 0 aromatic heterocycles. The van der Waals surface area contributed by atoms with Gasteiger partial charge in [0.2, 0.25) is 0 Å². The maximum atomic E-state index is 13.1. The van der Waals surface area contributed by atoms with E-state index in [9.17, 15) is 14.3 Å². The molecule has 1 fully saturated rings. The van der Waals surface area contributed by atoms with Gasteiger partial charge in [0.15, 0.2) is 0 Å². The molecule has 0 radical (unpaired) electrons. The minimum absolute atomic E-state index is 0.183. The first-order valence-electron chi connectivity index (χ1n) is 7.54. The Hall–Kier alpha value is -2.40. The van der Waals surface area contributed by atoms with Crippen LogP contribution in [-0.2, 0) is 11.3 Å². The predicted molar refractivity (Wildman–Crippen MR) is 83.1 cm³/mol. The summed E-state index contributed by atoms with van der Waals surface area (Å²) in [4.78, 5) is 13.8. The average Bonchev–Trinajstić information content (AvgIpc) is 2.96. The molecule has 23 heavy (non-hydrogen) atoms. The van der Waals surface area contributed by atoms with E-state index in [4.69, 9.17) is 4.74 Å². The number of benzene rings is 2. The highest BCUT2D eigenvalue weighted by Gasteiger charge is 2.36. The number of likely N-dealkylation sites (tertiary alicyclic amines) is 1. The summed E-state index contributed by atoms with van der Waals surface area (Å²) in [6.45, 7) is 0.401. The van der Waals surface area contributed by atoms with Crippen molar-refractivity contribution in [3.63, 3.8) is 0 Å².